The fourth-order valence-electron chi connectivity index (χ4n) is 1.88. The van der Waals surface area contributed by atoms with Gasteiger partial charge in [-0.15, -0.1) is 0 Å². The van der Waals surface area contributed by atoms with Gasteiger partial charge in [0.25, 0.3) is 0 Å². The predicted molar refractivity (Wildman–Crippen MR) is 81.4 cm³/mol. The maximum Gasteiger partial charge on any atom is 0.245 e. The van der Waals surface area contributed by atoms with E-state index in [4.69, 9.17) is 15.3 Å². The second-order valence-corrected chi connectivity index (χ2v) is 6.29. The van der Waals surface area contributed by atoms with Gasteiger partial charge in [0.05, 0.1) is 12.3 Å². The van der Waals surface area contributed by atoms with Crippen LogP contribution < -0.4 is 11.3 Å². The van der Waals surface area contributed by atoms with Crippen LogP contribution in [0.2, 0.25) is 0 Å². The van der Waals surface area contributed by atoms with Crippen LogP contribution in [0.1, 0.15) is 6.42 Å². The van der Waals surface area contributed by atoms with Crippen LogP contribution in [0.15, 0.2) is 29.2 Å². The molecule has 120 valence electrons. The Morgan fingerprint density at radius 2 is 1.81 bits per heavy atom. The van der Waals surface area contributed by atoms with Crippen molar-refractivity contribution in [3.8, 4) is 0 Å². The highest BCUT2D eigenvalue weighted by molar-refractivity contribution is 7.89. The van der Waals surface area contributed by atoms with Gasteiger partial charge in [0, 0.05) is 33.9 Å². The molecule has 0 bridgehead atoms. The van der Waals surface area contributed by atoms with E-state index in [1.807, 2.05) is 0 Å². The van der Waals surface area contributed by atoms with Crippen LogP contribution in [0.4, 0.5) is 5.69 Å². The van der Waals surface area contributed by atoms with Gasteiger partial charge < -0.3 is 14.9 Å². The Bertz CT molecular complexity index is 522. The van der Waals surface area contributed by atoms with Crippen molar-refractivity contribution in [3.05, 3.63) is 24.3 Å². The first kappa shape index (κ1) is 17.9. The largest absolute Gasteiger partial charge is 0.385 e. The minimum atomic E-state index is -3.64. The molecule has 7 nitrogen and oxygen atoms in total. The van der Waals surface area contributed by atoms with E-state index < -0.39 is 10.0 Å². The summed E-state index contributed by atoms with van der Waals surface area (Å²) < 4.78 is 36.8. The monoisotopic (exact) mass is 317 g/mol. The van der Waals surface area contributed by atoms with Gasteiger partial charge in [0.1, 0.15) is 4.90 Å². The summed E-state index contributed by atoms with van der Waals surface area (Å²) in [5.74, 6) is 5.39. The van der Waals surface area contributed by atoms with Crippen molar-refractivity contribution in [2.24, 2.45) is 5.84 Å². The zero-order chi connectivity index (χ0) is 15.7. The van der Waals surface area contributed by atoms with Gasteiger partial charge in [-0.3, -0.25) is 5.84 Å². The third-order valence-electron chi connectivity index (χ3n) is 2.96. The van der Waals surface area contributed by atoms with Gasteiger partial charge >= 0.3 is 0 Å². The molecule has 8 heteroatoms. The van der Waals surface area contributed by atoms with Gasteiger partial charge in [-0.2, -0.15) is 4.31 Å². The number of benzene rings is 1. The van der Waals surface area contributed by atoms with Crippen LogP contribution in [-0.2, 0) is 19.5 Å². The average Bonchev–Trinajstić information content (AvgIpc) is 2.50. The van der Waals surface area contributed by atoms with E-state index in [0.29, 0.717) is 31.9 Å². The quantitative estimate of drug-likeness (QED) is 0.374. The van der Waals surface area contributed by atoms with Gasteiger partial charge in [-0.25, -0.2) is 8.42 Å². The summed E-state index contributed by atoms with van der Waals surface area (Å²) in [6.45, 7) is 1.46. The van der Waals surface area contributed by atoms with Crippen LogP contribution >= 0.6 is 0 Å². The van der Waals surface area contributed by atoms with Crippen molar-refractivity contribution < 1.29 is 17.9 Å². The lowest BCUT2D eigenvalue weighted by Gasteiger charge is -2.23. The first-order valence-corrected chi connectivity index (χ1v) is 8.05. The molecule has 0 saturated heterocycles. The van der Waals surface area contributed by atoms with Crippen LogP contribution in [0, 0.1) is 0 Å². The van der Waals surface area contributed by atoms with Gasteiger partial charge in [-0.05, 0) is 18.6 Å². The van der Waals surface area contributed by atoms with Crippen LogP contribution in [-0.4, -0.2) is 53.2 Å². The molecule has 0 aliphatic heterocycles. The minimum Gasteiger partial charge on any atom is -0.385 e. The van der Waals surface area contributed by atoms with E-state index in [1.54, 1.807) is 25.3 Å². The molecule has 0 aliphatic rings. The Balaban J connectivity index is 3.01. The fraction of sp³-hybridized carbons (Fsp3) is 0.538. The number of nitrogen functional groups attached to an aromatic ring is 1. The first-order valence-electron chi connectivity index (χ1n) is 6.61. The second kappa shape index (κ2) is 8.96. The molecule has 0 aromatic heterocycles. The van der Waals surface area contributed by atoms with Crippen molar-refractivity contribution in [2.75, 3.05) is 45.9 Å². The Morgan fingerprint density at radius 3 is 2.43 bits per heavy atom. The molecular weight excluding hydrogens is 294 g/mol. The number of rotatable bonds is 10. The van der Waals surface area contributed by atoms with Crippen molar-refractivity contribution in [1.82, 2.24) is 4.31 Å². The Hall–Kier alpha value is -1.19. The van der Waals surface area contributed by atoms with E-state index >= 15 is 0 Å². The second-order valence-electron chi connectivity index (χ2n) is 4.38. The van der Waals surface area contributed by atoms with Crippen LogP contribution in [0.5, 0.6) is 0 Å². The van der Waals surface area contributed by atoms with Crippen LogP contribution in [0.3, 0.4) is 0 Å². The van der Waals surface area contributed by atoms with Crippen molar-refractivity contribution >= 4 is 15.7 Å². The standard InChI is InChI=1S/C13H23N3O4S/c1-19-10-5-8-16(9-11-20-2)21(17,18)13-7-4-3-6-12(13)15-14/h3-4,6-7,15H,5,8-11,14H2,1-2H3. The SMILES string of the molecule is COCCCN(CCOC)S(=O)(=O)c1ccccc1NN. The summed E-state index contributed by atoms with van der Waals surface area (Å²) in [6, 6.07) is 6.53. The minimum absolute atomic E-state index is 0.154. The summed E-state index contributed by atoms with van der Waals surface area (Å²) >= 11 is 0. The predicted octanol–water partition coefficient (Wildman–Crippen LogP) is 0.646. The third-order valence-corrected chi connectivity index (χ3v) is 4.92. The molecule has 1 rings (SSSR count). The molecule has 1 aromatic carbocycles. The lowest BCUT2D eigenvalue weighted by atomic mass is 10.3. The highest BCUT2D eigenvalue weighted by atomic mass is 32.2. The molecule has 0 saturated carbocycles. The maximum absolute atomic E-state index is 12.7. The number of hydrogen-bond donors (Lipinski definition) is 2. The first-order chi connectivity index (χ1) is 10.1. The molecule has 3 N–H and O–H groups in total. The number of methoxy groups -OCH3 is 2. The molecule has 0 atom stereocenters. The molecule has 0 radical (unpaired) electrons. The average molecular weight is 317 g/mol. The molecule has 0 heterocycles. The number of nitrogens with one attached hydrogen (secondary N) is 1. The third kappa shape index (κ3) is 4.94. The topological polar surface area (TPSA) is 93.9 Å². The lowest BCUT2D eigenvalue weighted by molar-refractivity contribution is 0.164. The summed E-state index contributed by atoms with van der Waals surface area (Å²) in [5, 5.41) is 0. The summed E-state index contributed by atoms with van der Waals surface area (Å²) in [7, 11) is -0.519. The Kier molecular flexibility index (Phi) is 7.62. The highest BCUT2D eigenvalue weighted by Crippen LogP contribution is 2.23. The number of ether oxygens (including phenoxy) is 2. The summed E-state index contributed by atoms with van der Waals surface area (Å²) in [4.78, 5) is 0.154. The highest BCUT2D eigenvalue weighted by Gasteiger charge is 2.26. The maximum atomic E-state index is 12.7. The Labute approximate surface area is 126 Å². The zero-order valence-corrected chi connectivity index (χ0v) is 13.2. The Morgan fingerprint density at radius 1 is 1.14 bits per heavy atom. The van der Waals surface area contributed by atoms with Gasteiger partial charge in [0.15, 0.2) is 0 Å². The number of anilines is 1. The number of hydrogen-bond acceptors (Lipinski definition) is 6. The van der Waals surface area contributed by atoms with E-state index in [9.17, 15) is 8.42 Å². The number of para-hydroxylation sites is 1. The summed E-state index contributed by atoms with van der Waals surface area (Å²) in [5.41, 5.74) is 2.79. The molecule has 0 spiro atoms. The van der Waals surface area contributed by atoms with Gasteiger partial charge in [-0.1, -0.05) is 12.1 Å². The lowest BCUT2D eigenvalue weighted by Crippen LogP contribution is -2.35. The van der Waals surface area contributed by atoms with E-state index in [-0.39, 0.29) is 11.4 Å². The molecule has 21 heavy (non-hydrogen) atoms. The molecule has 0 aliphatic carbocycles. The zero-order valence-electron chi connectivity index (χ0n) is 12.4. The molecule has 1 aromatic rings. The normalized spacial score (nSPS) is 11.8. The smallest absolute Gasteiger partial charge is 0.245 e. The molecule has 0 unspecified atom stereocenters. The fourth-order valence-corrected chi connectivity index (χ4v) is 3.50. The van der Waals surface area contributed by atoms with E-state index in [1.165, 1.54) is 17.5 Å². The summed E-state index contributed by atoms with van der Waals surface area (Å²) in [6.07, 6.45) is 0.609. The van der Waals surface area contributed by atoms with Crippen LogP contribution in [0.25, 0.3) is 0 Å². The molecular formula is C13H23N3O4S. The number of nitrogens with zero attached hydrogens (tertiary/aromatic N) is 1. The number of sulfonamides is 1. The van der Waals surface area contributed by atoms with Crippen molar-refractivity contribution in [1.29, 1.82) is 0 Å². The van der Waals surface area contributed by atoms with Crippen molar-refractivity contribution in [2.45, 2.75) is 11.3 Å². The van der Waals surface area contributed by atoms with Gasteiger partial charge in [0.2, 0.25) is 10.0 Å². The molecule has 0 amide bonds. The molecule has 0 fully saturated rings. The van der Waals surface area contributed by atoms with E-state index in [0.717, 1.165) is 0 Å². The number of nitrogens with two attached hydrogens (primary N) is 1. The van der Waals surface area contributed by atoms with E-state index in [2.05, 4.69) is 5.43 Å². The number of hydrazine groups is 1. The van der Waals surface area contributed by atoms with Crippen molar-refractivity contribution in [3.63, 3.8) is 0 Å².